The number of aliphatic hydroxyl groups excluding tert-OH is 1. The van der Waals surface area contributed by atoms with Crippen molar-refractivity contribution in [2.45, 2.75) is 45.9 Å². The molecule has 1 aliphatic carbocycles. The van der Waals surface area contributed by atoms with E-state index >= 15 is 0 Å². The predicted octanol–water partition coefficient (Wildman–Crippen LogP) is 0.490. The van der Waals surface area contributed by atoms with E-state index in [1.54, 1.807) is 20.7 Å². The number of likely N-dealkylation sites (N-methyl/N-ethyl adjacent to an activating group) is 1. The van der Waals surface area contributed by atoms with Crippen LogP contribution >= 0.6 is 0 Å². The van der Waals surface area contributed by atoms with Crippen LogP contribution < -0.4 is 10.6 Å². The van der Waals surface area contributed by atoms with Gasteiger partial charge >= 0.3 is 0 Å². The van der Waals surface area contributed by atoms with Crippen molar-refractivity contribution in [3.05, 3.63) is 53.9 Å². The molecule has 11 heteroatoms. The van der Waals surface area contributed by atoms with E-state index < -0.39 is 35.3 Å². The van der Waals surface area contributed by atoms with Crippen LogP contribution in [-0.2, 0) is 20.9 Å². The molecule has 1 aromatic heterocycles. The standard InChI is InChI=1S/C29H38N6O5/c1-18(36)23(25(38)30-4)32-24(37)22-14-33(15-29(22)16-34(17-29)27(40)21-10-28(21,2)3)26(39)20-11-31-35(13-20)12-19-8-6-5-7-9-19/h5-9,11,13,18,21-23,36H,10,12,14-17H2,1-4H3,(H,30,38)(H,32,37)/t18-,21?,22+,23+/m1/s1. The molecule has 5 rings (SSSR count). The Bertz CT molecular complexity index is 1300. The van der Waals surface area contributed by atoms with Gasteiger partial charge in [0.15, 0.2) is 0 Å². The lowest BCUT2D eigenvalue weighted by Gasteiger charge is -2.50. The number of aliphatic hydroxyl groups is 1. The van der Waals surface area contributed by atoms with Crippen LogP contribution in [0.4, 0.5) is 0 Å². The van der Waals surface area contributed by atoms with Gasteiger partial charge in [0.2, 0.25) is 17.7 Å². The van der Waals surface area contributed by atoms with Crippen molar-refractivity contribution < 1.29 is 24.3 Å². The highest BCUT2D eigenvalue weighted by molar-refractivity contribution is 5.95. The molecule has 1 saturated carbocycles. The molecule has 2 aliphatic heterocycles. The summed E-state index contributed by atoms with van der Waals surface area (Å²) in [4.78, 5) is 55.9. The molecule has 40 heavy (non-hydrogen) atoms. The molecule has 1 spiro atoms. The van der Waals surface area contributed by atoms with Crippen LogP contribution in [0, 0.1) is 22.7 Å². The van der Waals surface area contributed by atoms with Crippen LogP contribution in [0.25, 0.3) is 0 Å². The number of carbonyl (C=O) groups is 4. The summed E-state index contributed by atoms with van der Waals surface area (Å²) in [5.41, 5.74) is 0.849. The average molecular weight is 551 g/mol. The summed E-state index contributed by atoms with van der Waals surface area (Å²) in [6.45, 7) is 7.30. The van der Waals surface area contributed by atoms with Gasteiger partial charge < -0.3 is 25.5 Å². The molecular weight excluding hydrogens is 512 g/mol. The van der Waals surface area contributed by atoms with Gasteiger partial charge in [-0.2, -0.15) is 5.10 Å². The molecule has 3 fully saturated rings. The van der Waals surface area contributed by atoms with Crippen LogP contribution in [0.5, 0.6) is 0 Å². The molecule has 3 aliphatic rings. The van der Waals surface area contributed by atoms with E-state index in [0.29, 0.717) is 31.7 Å². The van der Waals surface area contributed by atoms with Gasteiger partial charge in [-0.3, -0.25) is 23.9 Å². The Labute approximate surface area is 233 Å². The summed E-state index contributed by atoms with van der Waals surface area (Å²) >= 11 is 0. The zero-order valence-electron chi connectivity index (χ0n) is 23.5. The molecule has 3 N–H and O–H groups in total. The molecule has 1 aromatic carbocycles. The van der Waals surface area contributed by atoms with Crippen LogP contribution in [-0.4, -0.2) is 93.7 Å². The molecule has 1 unspecified atom stereocenters. The number of benzene rings is 1. The molecule has 0 radical (unpaired) electrons. The zero-order valence-corrected chi connectivity index (χ0v) is 23.5. The van der Waals surface area contributed by atoms with E-state index in [9.17, 15) is 24.3 Å². The van der Waals surface area contributed by atoms with Crippen molar-refractivity contribution in [1.29, 1.82) is 0 Å². The maximum atomic E-state index is 13.6. The Hall–Kier alpha value is -3.73. The minimum Gasteiger partial charge on any atom is -0.391 e. The smallest absolute Gasteiger partial charge is 0.257 e. The number of hydrogen-bond acceptors (Lipinski definition) is 6. The molecule has 2 saturated heterocycles. The predicted molar refractivity (Wildman–Crippen MR) is 146 cm³/mol. The maximum Gasteiger partial charge on any atom is 0.257 e. The highest BCUT2D eigenvalue weighted by atomic mass is 16.3. The minimum absolute atomic E-state index is 0.00774. The summed E-state index contributed by atoms with van der Waals surface area (Å²) in [6, 6.07) is 8.69. The van der Waals surface area contributed by atoms with E-state index in [2.05, 4.69) is 29.6 Å². The second-order valence-electron chi connectivity index (χ2n) is 12.3. The summed E-state index contributed by atoms with van der Waals surface area (Å²) in [7, 11) is 1.44. The number of rotatable bonds is 8. The van der Waals surface area contributed by atoms with Crippen molar-refractivity contribution in [1.82, 2.24) is 30.2 Å². The van der Waals surface area contributed by atoms with Gasteiger partial charge in [-0.25, -0.2) is 0 Å². The molecule has 2 aromatic rings. The lowest BCUT2D eigenvalue weighted by Crippen LogP contribution is -2.65. The number of nitrogens with one attached hydrogen (secondary N) is 2. The van der Waals surface area contributed by atoms with Crippen LogP contribution in [0.2, 0.25) is 0 Å². The molecule has 214 valence electrons. The highest BCUT2D eigenvalue weighted by Crippen LogP contribution is 2.54. The number of likely N-dealkylation sites (tertiary alicyclic amines) is 2. The fraction of sp³-hybridized carbons (Fsp3) is 0.552. The lowest BCUT2D eigenvalue weighted by molar-refractivity contribution is -0.152. The van der Waals surface area contributed by atoms with Gasteiger partial charge in [-0.1, -0.05) is 44.2 Å². The van der Waals surface area contributed by atoms with Crippen molar-refractivity contribution >= 4 is 23.6 Å². The summed E-state index contributed by atoms with van der Waals surface area (Å²) in [5.74, 6) is -1.72. The number of carbonyl (C=O) groups excluding carboxylic acids is 4. The quantitative estimate of drug-likeness (QED) is 0.438. The molecule has 3 heterocycles. The van der Waals surface area contributed by atoms with Gasteiger partial charge in [0.05, 0.1) is 30.3 Å². The average Bonchev–Trinajstić information content (AvgIpc) is 3.24. The van der Waals surface area contributed by atoms with E-state index in [1.165, 1.54) is 20.2 Å². The fourth-order valence-electron chi connectivity index (χ4n) is 6.11. The van der Waals surface area contributed by atoms with Crippen LogP contribution in [0.1, 0.15) is 43.1 Å². The number of amides is 4. The first kappa shape index (κ1) is 27.8. The van der Waals surface area contributed by atoms with Crippen LogP contribution in [0.15, 0.2) is 42.7 Å². The van der Waals surface area contributed by atoms with Gasteiger partial charge in [0.25, 0.3) is 5.91 Å². The second kappa shape index (κ2) is 10.3. The van der Waals surface area contributed by atoms with Crippen molar-refractivity contribution in [3.8, 4) is 0 Å². The highest BCUT2D eigenvalue weighted by Gasteiger charge is 2.62. The van der Waals surface area contributed by atoms with Crippen LogP contribution in [0.3, 0.4) is 0 Å². The second-order valence-corrected chi connectivity index (χ2v) is 12.3. The molecule has 4 atom stereocenters. The molecule has 4 amide bonds. The number of nitrogens with zero attached hydrogens (tertiary/aromatic N) is 4. The lowest BCUT2D eigenvalue weighted by atomic mass is 9.70. The van der Waals surface area contributed by atoms with Gasteiger partial charge in [-0.15, -0.1) is 0 Å². The first-order chi connectivity index (χ1) is 18.9. The largest absolute Gasteiger partial charge is 0.391 e. The zero-order chi connectivity index (χ0) is 28.8. The Morgan fingerprint density at radius 1 is 1.07 bits per heavy atom. The molecular formula is C29H38N6O5. The third kappa shape index (κ3) is 5.22. The first-order valence-corrected chi connectivity index (χ1v) is 13.8. The minimum atomic E-state index is -1.12. The Kier molecular flexibility index (Phi) is 7.20. The van der Waals surface area contributed by atoms with Gasteiger partial charge in [-0.05, 0) is 24.3 Å². The summed E-state index contributed by atoms with van der Waals surface area (Å²) < 4.78 is 1.70. The number of hydrogen-bond donors (Lipinski definition) is 3. The first-order valence-electron chi connectivity index (χ1n) is 13.8. The van der Waals surface area contributed by atoms with Gasteiger partial charge in [0, 0.05) is 50.8 Å². The third-order valence-electron chi connectivity index (χ3n) is 8.76. The SMILES string of the molecule is CNC(=O)[C@@H](NC(=O)[C@@H]1CN(C(=O)c2cnn(Cc3ccccc3)c2)CC12CN(C(=O)C1CC1(C)C)C2)[C@@H](C)O. The number of aromatic nitrogens is 2. The summed E-state index contributed by atoms with van der Waals surface area (Å²) in [6.07, 6.45) is 2.98. The van der Waals surface area contributed by atoms with E-state index in [1.807, 2.05) is 30.3 Å². The van der Waals surface area contributed by atoms with E-state index in [-0.39, 0.29) is 29.7 Å². The van der Waals surface area contributed by atoms with E-state index in [4.69, 9.17) is 0 Å². The Morgan fingerprint density at radius 2 is 1.73 bits per heavy atom. The normalized spacial score (nSPS) is 23.7. The molecule has 11 nitrogen and oxygen atoms in total. The maximum absolute atomic E-state index is 13.6. The van der Waals surface area contributed by atoms with E-state index in [0.717, 1.165) is 12.0 Å². The Morgan fingerprint density at radius 3 is 2.33 bits per heavy atom. The monoisotopic (exact) mass is 550 g/mol. The third-order valence-corrected chi connectivity index (χ3v) is 8.76. The fourth-order valence-corrected chi connectivity index (χ4v) is 6.11. The van der Waals surface area contributed by atoms with Crippen molar-refractivity contribution in [3.63, 3.8) is 0 Å². The van der Waals surface area contributed by atoms with Crippen molar-refractivity contribution in [2.75, 3.05) is 33.2 Å². The topological polar surface area (TPSA) is 137 Å². The van der Waals surface area contributed by atoms with Crippen molar-refractivity contribution in [2.24, 2.45) is 22.7 Å². The summed E-state index contributed by atoms with van der Waals surface area (Å²) in [5, 5.41) is 19.7. The Balaban J connectivity index is 1.33. The molecule has 0 bridgehead atoms. The van der Waals surface area contributed by atoms with Gasteiger partial charge in [0.1, 0.15) is 6.04 Å².